The van der Waals surface area contributed by atoms with Gasteiger partial charge in [-0.25, -0.2) is 0 Å². The van der Waals surface area contributed by atoms with Crippen molar-refractivity contribution in [3.05, 3.63) is 24.4 Å². The highest BCUT2D eigenvalue weighted by molar-refractivity contribution is 5.83. The van der Waals surface area contributed by atoms with Crippen LogP contribution in [-0.4, -0.2) is 67.7 Å². The Morgan fingerprint density at radius 2 is 1.97 bits per heavy atom. The van der Waals surface area contributed by atoms with Crippen LogP contribution >= 0.6 is 0 Å². The quantitative estimate of drug-likeness (QED) is 0.407. The maximum atomic E-state index is 12.5. The van der Waals surface area contributed by atoms with E-state index in [0.29, 0.717) is 18.2 Å². The lowest BCUT2D eigenvalue weighted by molar-refractivity contribution is -0.120. The number of nitrogens with zero attached hydrogens (tertiary/aromatic N) is 3. The minimum absolute atomic E-state index is 0.439. The van der Waals surface area contributed by atoms with E-state index in [-0.39, 0.29) is 0 Å². The van der Waals surface area contributed by atoms with Gasteiger partial charge in [0.25, 0.3) is 0 Å². The van der Waals surface area contributed by atoms with Crippen molar-refractivity contribution in [1.82, 2.24) is 15.1 Å². The number of amidine groups is 1. The molecule has 1 saturated heterocycles. The number of allylic oxidation sites excluding steroid dienone is 2. The minimum Gasteiger partial charge on any atom is -0.350 e. The summed E-state index contributed by atoms with van der Waals surface area (Å²) in [5.74, 6) is 3.03. The zero-order valence-electron chi connectivity index (χ0n) is 21.0. The van der Waals surface area contributed by atoms with Crippen LogP contribution in [0.4, 0.5) is 0 Å². The largest absolute Gasteiger partial charge is 0.350 e. The van der Waals surface area contributed by atoms with Gasteiger partial charge in [0.15, 0.2) is 0 Å². The van der Waals surface area contributed by atoms with Crippen LogP contribution in [-0.2, 0) is 4.79 Å². The van der Waals surface area contributed by atoms with E-state index in [1.165, 1.54) is 44.9 Å². The van der Waals surface area contributed by atoms with Crippen molar-refractivity contribution >= 4 is 11.6 Å². The molecule has 0 aliphatic carbocycles. The fraction of sp³-hybridized carbons (Fsp3) is 0.778. The van der Waals surface area contributed by atoms with Crippen molar-refractivity contribution in [2.24, 2.45) is 16.8 Å². The smallest absolute Gasteiger partial charge is 0.146 e. The van der Waals surface area contributed by atoms with Crippen LogP contribution in [0.25, 0.3) is 0 Å². The molecular weight excluding hydrogens is 396 g/mol. The van der Waals surface area contributed by atoms with Crippen LogP contribution < -0.4 is 5.32 Å². The molecule has 0 aromatic heterocycles. The number of likely N-dealkylation sites (N-methyl/N-ethyl adjacent to an activating group) is 1. The molecule has 0 amide bonds. The van der Waals surface area contributed by atoms with Gasteiger partial charge in [-0.2, -0.15) is 0 Å². The van der Waals surface area contributed by atoms with Crippen molar-refractivity contribution in [3.8, 4) is 0 Å². The summed E-state index contributed by atoms with van der Waals surface area (Å²) < 4.78 is 0. The van der Waals surface area contributed by atoms with Crippen LogP contribution in [0.5, 0.6) is 0 Å². The molecular formula is C27H48N4O. The van der Waals surface area contributed by atoms with Crippen molar-refractivity contribution in [1.29, 1.82) is 0 Å². The Labute approximate surface area is 197 Å². The van der Waals surface area contributed by atoms with E-state index in [1.54, 1.807) is 0 Å². The Bertz CT molecular complexity index is 613. The van der Waals surface area contributed by atoms with Crippen LogP contribution in [0.1, 0.15) is 78.1 Å². The second-order valence-corrected chi connectivity index (χ2v) is 9.96. The molecule has 182 valence electrons. The van der Waals surface area contributed by atoms with E-state index >= 15 is 0 Å². The second kappa shape index (κ2) is 16.2. The Balaban J connectivity index is 1.62. The van der Waals surface area contributed by atoms with Gasteiger partial charge in [0.1, 0.15) is 11.6 Å². The van der Waals surface area contributed by atoms with Gasteiger partial charge >= 0.3 is 0 Å². The van der Waals surface area contributed by atoms with E-state index in [2.05, 4.69) is 47.1 Å². The van der Waals surface area contributed by atoms with Crippen molar-refractivity contribution in [2.45, 2.75) is 78.1 Å². The van der Waals surface area contributed by atoms with Crippen LogP contribution in [0.3, 0.4) is 0 Å². The summed E-state index contributed by atoms with van der Waals surface area (Å²) in [6.07, 6.45) is 19.7. The SMILES string of the molecule is CCCC(CCCC(=O)CN1CCCN(C)CC1)CCC(C)CCC1=NC/C=C/C=C\N1. The predicted molar refractivity (Wildman–Crippen MR) is 137 cm³/mol. The molecule has 2 unspecified atom stereocenters. The summed E-state index contributed by atoms with van der Waals surface area (Å²) in [5, 5.41) is 3.32. The third-order valence-electron chi connectivity index (χ3n) is 6.90. The summed E-state index contributed by atoms with van der Waals surface area (Å²) in [4.78, 5) is 21.9. The molecule has 5 nitrogen and oxygen atoms in total. The van der Waals surface area contributed by atoms with Gasteiger partial charge in [0, 0.05) is 32.1 Å². The Hall–Kier alpha value is -1.46. The highest BCUT2D eigenvalue weighted by Crippen LogP contribution is 2.24. The van der Waals surface area contributed by atoms with E-state index in [1.807, 2.05) is 18.4 Å². The fourth-order valence-electron chi connectivity index (χ4n) is 4.76. The first-order valence-corrected chi connectivity index (χ1v) is 13.1. The molecule has 2 aliphatic rings. The maximum Gasteiger partial charge on any atom is 0.146 e. The van der Waals surface area contributed by atoms with Gasteiger partial charge in [0.05, 0.1) is 13.1 Å². The molecule has 0 aromatic carbocycles. The number of nitrogens with one attached hydrogen (secondary N) is 1. The summed E-state index contributed by atoms with van der Waals surface area (Å²) in [6, 6.07) is 0. The third kappa shape index (κ3) is 12.0. The second-order valence-electron chi connectivity index (χ2n) is 9.96. The highest BCUT2D eigenvalue weighted by atomic mass is 16.1. The molecule has 1 fully saturated rings. The molecule has 5 heteroatoms. The normalized spacial score (nSPS) is 22.0. The van der Waals surface area contributed by atoms with Gasteiger partial charge in [0.2, 0.25) is 0 Å². The summed E-state index contributed by atoms with van der Waals surface area (Å²) in [6.45, 7) is 10.4. The first-order chi connectivity index (χ1) is 15.6. The number of ketones is 1. The third-order valence-corrected chi connectivity index (χ3v) is 6.90. The number of hydrogen-bond donors (Lipinski definition) is 1. The van der Waals surface area contributed by atoms with E-state index in [4.69, 9.17) is 0 Å². The first-order valence-electron chi connectivity index (χ1n) is 13.1. The molecule has 2 aliphatic heterocycles. The summed E-state index contributed by atoms with van der Waals surface area (Å²) in [5.41, 5.74) is 0. The number of carbonyl (C=O) groups excluding carboxylic acids is 1. The number of Topliss-reactive ketones (excluding diaryl/α,β-unsaturated/α-hetero) is 1. The van der Waals surface area contributed by atoms with Crippen LogP contribution in [0.15, 0.2) is 29.4 Å². The van der Waals surface area contributed by atoms with Crippen molar-refractivity contribution < 1.29 is 4.79 Å². The van der Waals surface area contributed by atoms with E-state index in [9.17, 15) is 4.79 Å². The molecule has 0 bridgehead atoms. The molecule has 1 N–H and O–H groups in total. The lowest BCUT2D eigenvalue weighted by atomic mass is 9.88. The van der Waals surface area contributed by atoms with E-state index in [0.717, 1.165) is 63.7 Å². The Morgan fingerprint density at radius 3 is 2.81 bits per heavy atom. The topological polar surface area (TPSA) is 47.9 Å². The number of aliphatic imine (C=N–C) groups is 1. The van der Waals surface area contributed by atoms with Crippen LogP contribution in [0, 0.1) is 11.8 Å². The molecule has 2 heterocycles. The number of hydrogen-bond acceptors (Lipinski definition) is 5. The fourth-order valence-corrected chi connectivity index (χ4v) is 4.76. The van der Waals surface area contributed by atoms with E-state index < -0.39 is 0 Å². The first kappa shape index (κ1) is 26.8. The standard InChI is InChI=1S/C27H48N4O/c1-4-10-25(11-8-12-26(32)23-31-20-9-19-30(3)21-22-31)15-13-24(2)14-16-27-28-17-6-5-7-18-29-27/h5-7,17,24-25H,4,8-16,18-23H2,1-3H3,(H,28,29)/b7-5+,17-6-. The Morgan fingerprint density at radius 1 is 1.09 bits per heavy atom. The van der Waals surface area contributed by atoms with Crippen LogP contribution in [0.2, 0.25) is 0 Å². The average molecular weight is 445 g/mol. The van der Waals surface area contributed by atoms with Gasteiger partial charge in [-0.3, -0.25) is 14.7 Å². The minimum atomic E-state index is 0.439. The average Bonchev–Trinajstić information content (AvgIpc) is 2.95. The Kier molecular flexibility index (Phi) is 13.6. The number of rotatable bonds is 14. The molecule has 0 aromatic rings. The van der Waals surface area contributed by atoms with Gasteiger partial charge in [-0.1, -0.05) is 58.1 Å². The molecule has 2 atom stereocenters. The zero-order valence-corrected chi connectivity index (χ0v) is 21.0. The van der Waals surface area contributed by atoms with Crippen molar-refractivity contribution in [3.63, 3.8) is 0 Å². The maximum absolute atomic E-state index is 12.5. The van der Waals surface area contributed by atoms with Gasteiger partial charge in [-0.05, 0) is 57.3 Å². The molecule has 0 saturated carbocycles. The summed E-state index contributed by atoms with van der Waals surface area (Å²) >= 11 is 0. The van der Waals surface area contributed by atoms with Gasteiger partial charge < -0.3 is 10.2 Å². The number of carbonyl (C=O) groups is 1. The lowest BCUT2D eigenvalue weighted by Crippen LogP contribution is -2.33. The van der Waals surface area contributed by atoms with Crippen molar-refractivity contribution in [2.75, 3.05) is 46.3 Å². The molecule has 0 spiro atoms. The molecule has 2 rings (SSSR count). The molecule has 0 radical (unpaired) electrons. The zero-order chi connectivity index (χ0) is 23.0. The summed E-state index contributed by atoms with van der Waals surface area (Å²) in [7, 11) is 2.18. The lowest BCUT2D eigenvalue weighted by Gasteiger charge is -2.20. The monoisotopic (exact) mass is 444 g/mol. The predicted octanol–water partition coefficient (Wildman–Crippen LogP) is 5.05. The molecule has 32 heavy (non-hydrogen) atoms. The van der Waals surface area contributed by atoms with Gasteiger partial charge in [-0.15, -0.1) is 0 Å². The highest BCUT2D eigenvalue weighted by Gasteiger charge is 2.16.